The third-order valence-electron chi connectivity index (χ3n) is 5.41. The van der Waals surface area contributed by atoms with Crippen molar-refractivity contribution in [3.63, 3.8) is 0 Å². The second kappa shape index (κ2) is 9.80. The largest absolute Gasteiger partial charge is 0.493 e. The maximum absolute atomic E-state index is 13.1. The Bertz CT molecular complexity index is 886. The monoisotopic (exact) mass is 415 g/mol. The zero-order valence-electron chi connectivity index (χ0n) is 18.0. The lowest BCUT2D eigenvalue weighted by Crippen LogP contribution is -2.34. The van der Waals surface area contributed by atoms with Crippen LogP contribution in [0.1, 0.15) is 44.6 Å². The van der Waals surface area contributed by atoms with Gasteiger partial charge in [0.2, 0.25) is 0 Å². The summed E-state index contributed by atoms with van der Waals surface area (Å²) in [5, 5.41) is 3.28. The summed E-state index contributed by atoms with van der Waals surface area (Å²) in [5.74, 6) is 0.0223. The fraction of sp³-hybridized carbons (Fsp3) is 0.478. The van der Waals surface area contributed by atoms with E-state index in [9.17, 15) is 9.59 Å². The predicted molar refractivity (Wildman–Crippen MR) is 111 cm³/mol. The highest BCUT2D eigenvalue weighted by atomic mass is 16.6. The number of carbonyl (C=O) groups excluding carboxylic acids is 2. The molecule has 30 heavy (non-hydrogen) atoms. The summed E-state index contributed by atoms with van der Waals surface area (Å²) in [6, 6.07) is 5.49. The number of para-hydroxylation sites is 1. The molecule has 1 aliphatic carbocycles. The van der Waals surface area contributed by atoms with E-state index < -0.39 is 11.9 Å². The quantitative estimate of drug-likeness (QED) is 0.515. The van der Waals surface area contributed by atoms with Crippen molar-refractivity contribution in [3.8, 4) is 11.5 Å². The zero-order chi connectivity index (χ0) is 21.7. The van der Waals surface area contributed by atoms with Crippen molar-refractivity contribution in [3.05, 3.63) is 46.3 Å². The molecule has 7 heteroatoms. The Morgan fingerprint density at radius 1 is 1.17 bits per heavy atom. The molecule has 1 aliphatic heterocycles. The lowest BCUT2D eigenvalue weighted by molar-refractivity contribution is -0.140. The Kier molecular flexibility index (Phi) is 7.15. The first-order valence-corrected chi connectivity index (χ1v) is 10.2. The van der Waals surface area contributed by atoms with E-state index in [0.717, 1.165) is 18.5 Å². The van der Waals surface area contributed by atoms with Crippen LogP contribution in [0.2, 0.25) is 0 Å². The SMILES string of the molecule is CCOCCOC(=O)C1=C(C)NC2=C(C(=O)CCC2)C1c1cccc(OC)c1OC. The highest BCUT2D eigenvalue weighted by molar-refractivity contribution is 6.04. The second-order valence-corrected chi connectivity index (χ2v) is 7.18. The molecule has 3 rings (SSSR count). The van der Waals surface area contributed by atoms with Crippen LogP contribution < -0.4 is 14.8 Å². The molecule has 1 unspecified atom stereocenters. The van der Waals surface area contributed by atoms with Gasteiger partial charge in [-0.3, -0.25) is 4.79 Å². The van der Waals surface area contributed by atoms with Crippen LogP contribution >= 0.6 is 0 Å². The van der Waals surface area contributed by atoms with Gasteiger partial charge in [0.15, 0.2) is 17.3 Å². The fourth-order valence-corrected chi connectivity index (χ4v) is 4.12. The van der Waals surface area contributed by atoms with Crippen LogP contribution in [-0.4, -0.2) is 45.8 Å². The fourth-order valence-electron chi connectivity index (χ4n) is 4.12. The summed E-state index contributed by atoms with van der Waals surface area (Å²) >= 11 is 0. The molecule has 0 saturated carbocycles. The van der Waals surface area contributed by atoms with Crippen molar-refractivity contribution in [1.29, 1.82) is 0 Å². The van der Waals surface area contributed by atoms with Crippen LogP contribution in [0.15, 0.2) is 40.7 Å². The number of allylic oxidation sites excluding steroid dienone is 3. The third kappa shape index (κ3) is 4.21. The molecule has 0 amide bonds. The van der Waals surface area contributed by atoms with Gasteiger partial charge in [0, 0.05) is 35.6 Å². The van der Waals surface area contributed by atoms with Crippen LogP contribution in [-0.2, 0) is 19.1 Å². The summed E-state index contributed by atoms with van der Waals surface area (Å²) in [6.07, 6.45) is 2.00. The summed E-state index contributed by atoms with van der Waals surface area (Å²) in [4.78, 5) is 26.1. The number of Topliss-reactive ketones (excluding diaryl/α,β-unsaturated/α-hetero) is 1. The summed E-state index contributed by atoms with van der Waals surface area (Å²) in [6.45, 7) is 4.73. The van der Waals surface area contributed by atoms with Crippen molar-refractivity contribution < 1.29 is 28.5 Å². The average molecular weight is 415 g/mol. The molecule has 1 N–H and O–H groups in total. The van der Waals surface area contributed by atoms with Crippen LogP contribution in [0.4, 0.5) is 0 Å². The lowest BCUT2D eigenvalue weighted by Gasteiger charge is -2.34. The van der Waals surface area contributed by atoms with Gasteiger partial charge >= 0.3 is 5.97 Å². The number of ketones is 1. The molecule has 0 saturated heterocycles. The van der Waals surface area contributed by atoms with E-state index in [1.54, 1.807) is 20.3 Å². The standard InChI is InChI=1S/C23H29NO6/c1-5-29-12-13-30-23(26)19-14(2)24-16-9-7-10-17(25)21(16)20(19)15-8-6-11-18(27-3)22(15)28-4/h6,8,11,20,24H,5,7,9-10,12-13H2,1-4H3. The van der Waals surface area contributed by atoms with Gasteiger partial charge in [0.05, 0.1) is 32.3 Å². The smallest absolute Gasteiger partial charge is 0.336 e. The highest BCUT2D eigenvalue weighted by Crippen LogP contribution is 2.47. The molecule has 0 spiro atoms. The number of esters is 1. The molecule has 162 valence electrons. The highest BCUT2D eigenvalue weighted by Gasteiger charge is 2.40. The topological polar surface area (TPSA) is 83.1 Å². The maximum Gasteiger partial charge on any atom is 0.336 e. The number of hydrogen-bond donors (Lipinski definition) is 1. The number of benzene rings is 1. The van der Waals surface area contributed by atoms with Crippen molar-refractivity contribution in [2.75, 3.05) is 34.0 Å². The number of methoxy groups -OCH3 is 2. The molecule has 0 fully saturated rings. The van der Waals surface area contributed by atoms with Gasteiger partial charge in [-0.1, -0.05) is 12.1 Å². The second-order valence-electron chi connectivity index (χ2n) is 7.18. The maximum atomic E-state index is 13.1. The minimum absolute atomic E-state index is 0.0331. The molecule has 0 bridgehead atoms. The Morgan fingerprint density at radius 2 is 1.97 bits per heavy atom. The van der Waals surface area contributed by atoms with E-state index in [0.29, 0.717) is 53.5 Å². The van der Waals surface area contributed by atoms with E-state index in [4.69, 9.17) is 18.9 Å². The zero-order valence-corrected chi connectivity index (χ0v) is 18.0. The van der Waals surface area contributed by atoms with E-state index >= 15 is 0 Å². The summed E-state index contributed by atoms with van der Waals surface area (Å²) in [5.41, 5.74) is 3.27. The number of carbonyl (C=O) groups is 2. The first-order valence-electron chi connectivity index (χ1n) is 10.2. The van der Waals surface area contributed by atoms with Gasteiger partial charge in [-0.15, -0.1) is 0 Å². The van der Waals surface area contributed by atoms with Gasteiger partial charge in [0.1, 0.15) is 6.61 Å². The Labute approximate surface area is 177 Å². The molecule has 0 radical (unpaired) electrons. The van der Waals surface area contributed by atoms with Crippen LogP contribution in [0.5, 0.6) is 11.5 Å². The van der Waals surface area contributed by atoms with Gasteiger partial charge < -0.3 is 24.3 Å². The molecule has 1 heterocycles. The third-order valence-corrected chi connectivity index (χ3v) is 5.41. The molecular weight excluding hydrogens is 386 g/mol. The Balaban J connectivity index is 2.09. The summed E-state index contributed by atoms with van der Waals surface area (Å²) < 4.78 is 21.8. The molecule has 1 aromatic rings. The number of nitrogens with one attached hydrogen (secondary N) is 1. The van der Waals surface area contributed by atoms with E-state index in [2.05, 4.69) is 5.32 Å². The molecular formula is C23H29NO6. The first kappa shape index (κ1) is 21.9. The number of rotatable bonds is 8. The molecule has 0 aromatic heterocycles. The number of hydrogen-bond acceptors (Lipinski definition) is 7. The van der Waals surface area contributed by atoms with Gasteiger partial charge in [0.25, 0.3) is 0 Å². The van der Waals surface area contributed by atoms with Gasteiger partial charge in [-0.25, -0.2) is 4.79 Å². The average Bonchev–Trinajstić information content (AvgIpc) is 2.75. The van der Waals surface area contributed by atoms with E-state index in [-0.39, 0.29) is 12.4 Å². The number of ether oxygens (including phenoxy) is 4. The molecule has 1 aromatic carbocycles. The van der Waals surface area contributed by atoms with Crippen molar-refractivity contribution in [1.82, 2.24) is 5.32 Å². The van der Waals surface area contributed by atoms with Crippen LogP contribution in [0.25, 0.3) is 0 Å². The minimum atomic E-state index is -0.585. The molecule has 1 atom stereocenters. The molecule has 2 aliphatic rings. The van der Waals surface area contributed by atoms with E-state index in [1.807, 2.05) is 26.0 Å². The minimum Gasteiger partial charge on any atom is -0.493 e. The summed E-state index contributed by atoms with van der Waals surface area (Å²) in [7, 11) is 3.11. The van der Waals surface area contributed by atoms with Crippen LogP contribution in [0.3, 0.4) is 0 Å². The van der Waals surface area contributed by atoms with Crippen LogP contribution in [0, 0.1) is 0 Å². The van der Waals surface area contributed by atoms with Gasteiger partial charge in [-0.05, 0) is 32.8 Å². The number of dihydropyridines is 1. The normalized spacial score (nSPS) is 18.7. The van der Waals surface area contributed by atoms with Crippen molar-refractivity contribution >= 4 is 11.8 Å². The lowest BCUT2D eigenvalue weighted by atomic mass is 9.75. The predicted octanol–water partition coefficient (Wildman–Crippen LogP) is 3.25. The van der Waals surface area contributed by atoms with Crippen molar-refractivity contribution in [2.45, 2.75) is 39.0 Å². The Morgan fingerprint density at radius 3 is 2.67 bits per heavy atom. The van der Waals surface area contributed by atoms with Gasteiger partial charge in [-0.2, -0.15) is 0 Å². The van der Waals surface area contributed by atoms with Crippen molar-refractivity contribution in [2.24, 2.45) is 0 Å². The molecule has 7 nitrogen and oxygen atoms in total. The Hall–Kier alpha value is -2.80. The first-order chi connectivity index (χ1) is 14.5. The van der Waals surface area contributed by atoms with E-state index in [1.165, 1.54) is 0 Å².